The first-order valence-corrected chi connectivity index (χ1v) is 6.18. The van der Waals surface area contributed by atoms with Gasteiger partial charge in [-0.3, -0.25) is 5.10 Å². The second-order valence-corrected chi connectivity index (χ2v) is 4.17. The number of nitrogens with one attached hydrogen (secondary N) is 2. The minimum Gasteiger partial charge on any atom is -0.497 e. The molecule has 0 aliphatic rings. The summed E-state index contributed by atoms with van der Waals surface area (Å²) in [4.78, 5) is 4.35. The number of anilines is 1. The van der Waals surface area contributed by atoms with Crippen molar-refractivity contribution in [2.45, 2.75) is 6.54 Å². The lowest BCUT2D eigenvalue weighted by molar-refractivity contribution is 0.415. The van der Waals surface area contributed by atoms with Crippen LogP contribution >= 0.6 is 0 Å². The normalized spacial score (nSPS) is 10.4. The van der Waals surface area contributed by atoms with E-state index in [1.807, 2.05) is 30.3 Å². The van der Waals surface area contributed by atoms with Gasteiger partial charge in [0, 0.05) is 5.69 Å². The molecule has 3 aromatic rings. The van der Waals surface area contributed by atoms with Crippen molar-refractivity contribution in [3.8, 4) is 17.3 Å². The fourth-order valence-electron chi connectivity index (χ4n) is 1.79. The zero-order valence-corrected chi connectivity index (χ0v) is 11.0. The van der Waals surface area contributed by atoms with Crippen LogP contribution in [0, 0.1) is 0 Å². The predicted molar refractivity (Wildman–Crippen MR) is 74.4 cm³/mol. The summed E-state index contributed by atoms with van der Waals surface area (Å²) in [6.07, 6.45) is 1.60. The molecule has 102 valence electrons. The van der Waals surface area contributed by atoms with Crippen molar-refractivity contribution in [3.63, 3.8) is 0 Å². The van der Waals surface area contributed by atoms with Gasteiger partial charge in [-0.1, -0.05) is 0 Å². The lowest BCUT2D eigenvalue weighted by Gasteiger charge is -2.05. The molecular weight excluding hydrogens is 256 g/mol. The van der Waals surface area contributed by atoms with E-state index in [4.69, 9.17) is 9.15 Å². The molecule has 0 amide bonds. The maximum absolute atomic E-state index is 5.24. The maximum atomic E-state index is 5.24. The lowest BCUT2D eigenvalue weighted by Crippen LogP contribution is -2.01. The molecule has 2 heterocycles. The number of furan rings is 1. The lowest BCUT2D eigenvalue weighted by atomic mass is 10.3. The van der Waals surface area contributed by atoms with Crippen LogP contribution in [0.5, 0.6) is 5.75 Å². The van der Waals surface area contributed by atoms with Crippen LogP contribution in [0.25, 0.3) is 11.6 Å². The van der Waals surface area contributed by atoms with Gasteiger partial charge in [-0.15, -0.1) is 5.10 Å². The quantitative estimate of drug-likeness (QED) is 0.745. The number of aromatic amines is 1. The van der Waals surface area contributed by atoms with Crippen molar-refractivity contribution in [3.05, 3.63) is 48.5 Å². The van der Waals surface area contributed by atoms with Crippen molar-refractivity contribution in [1.82, 2.24) is 15.2 Å². The number of benzene rings is 1. The molecule has 20 heavy (non-hydrogen) atoms. The molecule has 1 aromatic carbocycles. The summed E-state index contributed by atoms with van der Waals surface area (Å²) in [5.41, 5.74) is 0.988. The van der Waals surface area contributed by atoms with Gasteiger partial charge in [-0.2, -0.15) is 0 Å². The molecule has 0 fully saturated rings. The summed E-state index contributed by atoms with van der Waals surface area (Å²) in [5, 5.41) is 10.2. The van der Waals surface area contributed by atoms with Gasteiger partial charge in [0.15, 0.2) is 5.76 Å². The van der Waals surface area contributed by atoms with Crippen LogP contribution < -0.4 is 10.1 Å². The zero-order valence-electron chi connectivity index (χ0n) is 11.0. The van der Waals surface area contributed by atoms with E-state index in [1.54, 1.807) is 19.4 Å². The molecule has 0 radical (unpaired) electrons. The molecule has 6 nitrogen and oxygen atoms in total. The fourth-order valence-corrected chi connectivity index (χ4v) is 1.79. The highest BCUT2D eigenvalue weighted by atomic mass is 16.5. The third-order valence-electron chi connectivity index (χ3n) is 2.82. The second kappa shape index (κ2) is 5.48. The molecule has 2 N–H and O–H groups in total. The summed E-state index contributed by atoms with van der Waals surface area (Å²) < 4.78 is 10.4. The molecule has 0 saturated heterocycles. The van der Waals surface area contributed by atoms with Crippen LogP contribution in [0.3, 0.4) is 0 Å². The number of hydrogen-bond donors (Lipinski definition) is 2. The Morgan fingerprint density at radius 2 is 2.10 bits per heavy atom. The topological polar surface area (TPSA) is 76.0 Å². The van der Waals surface area contributed by atoms with E-state index in [9.17, 15) is 0 Å². The van der Waals surface area contributed by atoms with Crippen LogP contribution in [0.4, 0.5) is 5.69 Å². The van der Waals surface area contributed by atoms with E-state index in [2.05, 4.69) is 20.5 Å². The first kappa shape index (κ1) is 12.3. The molecule has 0 saturated carbocycles. The number of methoxy groups -OCH3 is 1. The predicted octanol–water partition coefficient (Wildman–Crippen LogP) is 2.69. The van der Waals surface area contributed by atoms with Gasteiger partial charge in [0.2, 0.25) is 5.82 Å². The Kier molecular flexibility index (Phi) is 3.36. The average Bonchev–Trinajstić information content (AvgIpc) is 3.16. The molecule has 2 aromatic heterocycles. The van der Waals surface area contributed by atoms with Crippen molar-refractivity contribution in [2.24, 2.45) is 0 Å². The van der Waals surface area contributed by atoms with Crippen molar-refractivity contribution in [2.75, 3.05) is 12.4 Å². The van der Waals surface area contributed by atoms with Gasteiger partial charge >= 0.3 is 0 Å². The Balaban J connectivity index is 1.63. The molecule has 0 aliphatic heterocycles. The Bertz CT molecular complexity index is 659. The number of ether oxygens (including phenoxy) is 1. The second-order valence-electron chi connectivity index (χ2n) is 4.17. The van der Waals surface area contributed by atoms with E-state index in [-0.39, 0.29) is 0 Å². The Labute approximate surface area is 115 Å². The summed E-state index contributed by atoms with van der Waals surface area (Å²) >= 11 is 0. The van der Waals surface area contributed by atoms with Crippen LogP contribution in [-0.2, 0) is 6.54 Å². The van der Waals surface area contributed by atoms with Gasteiger partial charge < -0.3 is 14.5 Å². The maximum Gasteiger partial charge on any atom is 0.216 e. The minimum atomic E-state index is 0.556. The number of aromatic nitrogens is 3. The third kappa shape index (κ3) is 2.64. The van der Waals surface area contributed by atoms with Crippen LogP contribution in [-0.4, -0.2) is 22.3 Å². The first-order chi connectivity index (χ1) is 9.85. The standard InChI is InChI=1S/C14H14N4O2/c1-19-11-6-4-10(5-7-11)15-9-13-16-14(18-17-13)12-3-2-8-20-12/h2-8,15H,9H2,1H3,(H,16,17,18). The summed E-state index contributed by atoms with van der Waals surface area (Å²) in [5.74, 6) is 2.78. The Morgan fingerprint density at radius 3 is 2.80 bits per heavy atom. The van der Waals surface area contributed by atoms with Crippen molar-refractivity contribution < 1.29 is 9.15 Å². The largest absolute Gasteiger partial charge is 0.497 e. The van der Waals surface area contributed by atoms with Gasteiger partial charge in [0.05, 0.1) is 19.9 Å². The first-order valence-electron chi connectivity index (χ1n) is 6.18. The molecule has 3 rings (SSSR count). The Morgan fingerprint density at radius 1 is 1.25 bits per heavy atom. The van der Waals surface area contributed by atoms with Gasteiger partial charge in [0.1, 0.15) is 11.6 Å². The molecule has 6 heteroatoms. The monoisotopic (exact) mass is 270 g/mol. The summed E-state index contributed by atoms with van der Waals surface area (Å²) in [6.45, 7) is 0.556. The number of H-pyrrole nitrogens is 1. The van der Waals surface area contributed by atoms with Crippen LogP contribution in [0.2, 0.25) is 0 Å². The molecule has 0 atom stereocenters. The molecular formula is C14H14N4O2. The van der Waals surface area contributed by atoms with Gasteiger partial charge in [-0.25, -0.2) is 4.98 Å². The van der Waals surface area contributed by atoms with Crippen molar-refractivity contribution >= 4 is 5.69 Å². The SMILES string of the molecule is COc1ccc(NCc2nc(-c3ccco3)n[nH]2)cc1. The number of rotatable bonds is 5. The van der Waals surface area contributed by atoms with Gasteiger partial charge in [0.25, 0.3) is 0 Å². The smallest absolute Gasteiger partial charge is 0.216 e. The van der Waals surface area contributed by atoms with Gasteiger partial charge in [-0.05, 0) is 36.4 Å². The summed E-state index contributed by atoms with van der Waals surface area (Å²) in [6, 6.07) is 11.3. The van der Waals surface area contributed by atoms with Crippen molar-refractivity contribution in [1.29, 1.82) is 0 Å². The molecule has 0 unspecified atom stereocenters. The number of nitrogens with zero attached hydrogens (tertiary/aromatic N) is 2. The number of hydrogen-bond acceptors (Lipinski definition) is 5. The van der Waals surface area contributed by atoms with E-state index >= 15 is 0 Å². The molecule has 0 aliphatic carbocycles. The highest BCUT2D eigenvalue weighted by Gasteiger charge is 2.07. The third-order valence-corrected chi connectivity index (χ3v) is 2.82. The van der Waals surface area contributed by atoms with E-state index < -0.39 is 0 Å². The van der Waals surface area contributed by atoms with E-state index in [0.717, 1.165) is 17.3 Å². The molecule has 0 bridgehead atoms. The Hall–Kier alpha value is -2.76. The van der Waals surface area contributed by atoms with Crippen LogP contribution in [0.15, 0.2) is 47.1 Å². The van der Waals surface area contributed by atoms with E-state index in [0.29, 0.717) is 18.1 Å². The highest BCUT2D eigenvalue weighted by Crippen LogP contribution is 2.17. The van der Waals surface area contributed by atoms with Crippen LogP contribution in [0.1, 0.15) is 5.82 Å². The highest BCUT2D eigenvalue weighted by molar-refractivity contribution is 5.47. The fraction of sp³-hybridized carbons (Fsp3) is 0.143. The van der Waals surface area contributed by atoms with E-state index in [1.165, 1.54) is 0 Å². The zero-order chi connectivity index (χ0) is 13.8. The molecule has 0 spiro atoms. The minimum absolute atomic E-state index is 0.556. The summed E-state index contributed by atoms with van der Waals surface area (Å²) in [7, 11) is 1.65. The average molecular weight is 270 g/mol.